The summed E-state index contributed by atoms with van der Waals surface area (Å²) in [4.78, 5) is 13.1. The Bertz CT molecular complexity index is 526. The number of carbonyl (C=O) groups is 1. The minimum absolute atomic E-state index is 0.176. The Morgan fingerprint density at radius 2 is 2.29 bits per heavy atom. The molecule has 1 N–H and O–H groups in total. The number of esters is 1. The lowest BCUT2D eigenvalue weighted by Crippen LogP contribution is -2.50. The van der Waals surface area contributed by atoms with Gasteiger partial charge in [0.2, 0.25) is 0 Å². The van der Waals surface area contributed by atoms with Crippen molar-refractivity contribution in [2.24, 2.45) is 0 Å². The molecule has 0 heterocycles. The molecule has 2 atom stereocenters. The molecule has 116 valence electrons. The van der Waals surface area contributed by atoms with Gasteiger partial charge in [0, 0.05) is 15.2 Å². The molecule has 0 spiro atoms. The first-order chi connectivity index (χ1) is 10.0. The monoisotopic (exact) mass is 347 g/mol. The van der Waals surface area contributed by atoms with E-state index < -0.39 is 5.54 Å². The molecule has 1 aliphatic rings. The van der Waals surface area contributed by atoms with Crippen LogP contribution < -0.4 is 5.32 Å². The molecule has 6 heteroatoms. The maximum absolute atomic E-state index is 12.1. The summed E-state index contributed by atoms with van der Waals surface area (Å²) in [6, 6.07) is 5.46. The minimum Gasteiger partial charge on any atom is -0.468 e. The van der Waals surface area contributed by atoms with Gasteiger partial charge < -0.3 is 10.1 Å². The summed E-state index contributed by atoms with van der Waals surface area (Å²) >= 11 is 13.9. The van der Waals surface area contributed by atoms with E-state index in [-0.39, 0.29) is 5.97 Å². The van der Waals surface area contributed by atoms with E-state index in [0.29, 0.717) is 15.3 Å². The standard InChI is InChI=1S/C15H19Cl2NO2S/c1-3-18-15(14(19)20-2)7-6-11(9-15)21-13-8-10(16)4-5-12(13)17/h4-5,8,11,18H,3,6-7,9H2,1-2H3. The van der Waals surface area contributed by atoms with E-state index in [0.717, 1.165) is 30.7 Å². The number of nitrogens with one attached hydrogen (secondary N) is 1. The summed E-state index contributed by atoms with van der Waals surface area (Å²) in [5, 5.41) is 4.99. The SMILES string of the molecule is CCNC1(C(=O)OC)CCC(Sc2cc(Cl)ccc2Cl)C1. The largest absolute Gasteiger partial charge is 0.468 e. The Morgan fingerprint density at radius 1 is 1.52 bits per heavy atom. The van der Waals surface area contributed by atoms with E-state index in [1.54, 1.807) is 23.9 Å². The fourth-order valence-corrected chi connectivity index (χ4v) is 4.63. The molecule has 0 amide bonds. The number of halogens is 2. The Morgan fingerprint density at radius 3 is 2.95 bits per heavy atom. The highest BCUT2D eigenvalue weighted by molar-refractivity contribution is 8.00. The van der Waals surface area contributed by atoms with Crippen molar-refractivity contribution in [2.45, 2.75) is 41.9 Å². The molecule has 0 aliphatic heterocycles. The van der Waals surface area contributed by atoms with Crippen molar-refractivity contribution in [3.05, 3.63) is 28.2 Å². The number of ether oxygens (including phenoxy) is 1. The van der Waals surface area contributed by atoms with Gasteiger partial charge in [-0.2, -0.15) is 0 Å². The van der Waals surface area contributed by atoms with Crippen LogP contribution in [-0.4, -0.2) is 30.4 Å². The Labute approximate surface area is 139 Å². The van der Waals surface area contributed by atoms with Crippen LogP contribution in [0.2, 0.25) is 10.0 Å². The Kier molecular flexibility index (Phi) is 5.83. The first-order valence-electron chi connectivity index (χ1n) is 6.96. The lowest BCUT2D eigenvalue weighted by Gasteiger charge is -2.27. The molecule has 0 radical (unpaired) electrons. The van der Waals surface area contributed by atoms with Crippen LogP contribution >= 0.6 is 35.0 Å². The van der Waals surface area contributed by atoms with Crippen LogP contribution in [0.3, 0.4) is 0 Å². The molecule has 1 saturated carbocycles. The van der Waals surface area contributed by atoms with Crippen LogP contribution in [0, 0.1) is 0 Å². The lowest BCUT2D eigenvalue weighted by molar-refractivity contribution is -0.148. The molecule has 1 fully saturated rings. The molecule has 0 bridgehead atoms. The van der Waals surface area contributed by atoms with E-state index in [2.05, 4.69) is 5.32 Å². The molecular formula is C15H19Cl2NO2S. The highest BCUT2D eigenvalue weighted by Crippen LogP contribution is 2.43. The second-order valence-electron chi connectivity index (χ2n) is 5.16. The molecule has 1 aromatic carbocycles. The van der Waals surface area contributed by atoms with Gasteiger partial charge in [-0.05, 0) is 44.0 Å². The maximum atomic E-state index is 12.1. The molecule has 0 aromatic heterocycles. The number of likely N-dealkylation sites (N-methyl/N-ethyl adjacent to an activating group) is 1. The number of hydrogen-bond donors (Lipinski definition) is 1. The number of hydrogen-bond acceptors (Lipinski definition) is 4. The zero-order valence-corrected chi connectivity index (χ0v) is 14.4. The number of carbonyl (C=O) groups excluding carboxylic acids is 1. The number of benzene rings is 1. The van der Waals surface area contributed by atoms with Crippen molar-refractivity contribution >= 4 is 40.9 Å². The van der Waals surface area contributed by atoms with Crippen LogP contribution in [-0.2, 0) is 9.53 Å². The molecule has 3 nitrogen and oxygen atoms in total. The summed E-state index contributed by atoms with van der Waals surface area (Å²) in [6.45, 7) is 2.74. The number of methoxy groups -OCH3 is 1. The van der Waals surface area contributed by atoms with Crippen LogP contribution in [0.4, 0.5) is 0 Å². The summed E-state index contributed by atoms with van der Waals surface area (Å²) in [6.07, 6.45) is 2.46. The molecule has 1 aliphatic carbocycles. The molecule has 2 unspecified atom stereocenters. The van der Waals surface area contributed by atoms with Gasteiger partial charge in [0.25, 0.3) is 0 Å². The van der Waals surface area contributed by atoms with Crippen molar-refractivity contribution in [3.8, 4) is 0 Å². The Hall–Kier alpha value is -0.420. The summed E-state index contributed by atoms with van der Waals surface area (Å²) < 4.78 is 4.97. The lowest BCUT2D eigenvalue weighted by atomic mass is 9.98. The van der Waals surface area contributed by atoms with E-state index >= 15 is 0 Å². The maximum Gasteiger partial charge on any atom is 0.326 e. The fraction of sp³-hybridized carbons (Fsp3) is 0.533. The molecule has 2 rings (SSSR count). The number of thioether (sulfide) groups is 1. The van der Waals surface area contributed by atoms with E-state index in [4.69, 9.17) is 27.9 Å². The minimum atomic E-state index is -0.563. The van der Waals surface area contributed by atoms with Gasteiger partial charge in [0.1, 0.15) is 5.54 Å². The molecule has 0 saturated heterocycles. The van der Waals surface area contributed by atoms with Gasteiger partial charge in [-0.25, -0.2) is 0 Å². The highest BCUT2D eigenvalue weighted by Gasteiger charge is 2.46. The van der Waals surface area contributed by atoms with Gasteiger partial charge in [0.05, 0.1) is 12.1 Å². The normalized spacial score (nSPS) is 25.0. The van der Waals surface area contributed by atoms with Crippen molar-refractivity contribution in [3.63, 3.8) is 0 Å². The topological polar surface area (TPSA) is 38.3 Å². The third-order valence-corrected chi connectivity index (χ3v) is 5.75. The molecule has 1 aromatic rings. The average Bonchev–Trinajstić information content (AvgIpc) is 2.87. The van der Waals surface area contributed by atoms with Crippen molar-refractivity contribution < 1.29 is 9.53 Å². The molecular weight excluding hydrogens is 329 g/mol. The second-order valence-corrected chi connectivity index (χ2v) is 7.35. The van der Waals surface area contributed by atoms with Crippen LogP contribution in [0.25, 0.3) is 0 Å². The average molecular weight is 348 g/mol. The van der Waals surface area contributed by atoms with E-state index in [9.17, 15) is 4.79 Å². The van der Waals surface area contributed by atoms with Crippen LogP contribution in [0.15, 0.2) is 23.1 Å². The highest BCUT2D eigenvalue weighted by atomic mass is 35.5. The summed E-state index contributed by atoms with van der Waals surface area (Å²) in [5.74, 6) is -0.176. The fourth-order valence-electron chi connectivity index (χ4n) is 2.80. The predicted molar refractivity (Wildman–Crippen MR) is 88.4 cm³/mol. The zero-order chi connectivity index (χ0) is 15.5. The van der Waals surface area contributed by atoms with Gasteiger partial charge in [-0.1, -0.05) is 30.1 Å². The summed E-state index contributed by atoms with van der Waals surface area (Å²) in [5.41, 5.74) is -0.563. The van der Waals surface area contributed by atoms with Gasteiger partial charge in [0.15, 0.2) is 0 Å². The van der Waals surface area contributed by atoms with Gasteiger partial charge in [-0.3, -0.25) is 4.79 Å². The van der Waals surface area contributed by atoms with Crippen molar-refractivity contribution in [2.75, 3.05) is 13.7 Å². The number of rotatable bonds is 5. The van der Waals surface area contributed by atoms with E-state index in [1.807, 2.05) is 13.0 Å². The third kappa shape index (κ3) is 3.86. The second kappa shape index (κ2) is 7.23. The Balaban J connectivity index is 2.10. The van der Waals surface area contributed by atoms with E-state index in [1.165, 1.54) is 7.11 Å². The van der Waals surface area contributed by atoms with Gasteiger partial charge >= 0.3 is 5.97 Å². The first-order valence-corrected chi connectivity index (χ1v) is 8.59. The van der Waals surface area contributed by atoms with Crippen LogP contribution in [0.5, 0.6) is 0 Å². The van der Waals surface area contributed by atoms with Crippen molar-refractivity contribution in [1.29, 1.82) is 0 Å². The smallest absolute Gasteiger partial charge is 0.326 e. The predicted octanol–water partition coefficient (Wildman–Crippen LogP) is 4.16. The quantitative estimate of drug-likeness (QED) is 0.811. The summed E-state index contributed by atoms with van der Waals surface area (Å²) in [7, 11) is 1.44. The van der Waals surface area contributed by atoms with Crippen molar-refractivity contribution in [1.82, 2.24) is 5.32 Å². The first kappa shape index (κ1) is 16.9. The molecule has 21 heavy (non-hydrogen) atoms. The third-order valence-electron chi connectivity index (χ3n) is 3.75. The zero-order valence-electron chi connectivity index (χ0n) is 12.1. The van der Waals surface area contributed by atoms with Gasteiger partial charge in [-0.15, -0.1) is 11.8 Å². The van der Waals surface area contributed by atoms with Crippen LogP contribution in [0.1, 0.15) is 26.2 Å².